The van der Waals surface area contributed by atoms with Crippen LogP contribution in [0.4, 0.5) is 13.2 Å². The third-order valence-corrected chi connectivity index (χ3v) is 2.61. The van der Waals surface area contributed by atoms with Crippen LogP contribution in [0.1, 0.15) is 23.5 Å². The molecule has 0 aliphatic carbocycles. The van der Waals surface area contributed by atoms with E-state index >= 15 is 0 Å². The number of rotatable bonds is 3. The van der Waals surface area contributed by atoms with Gasteiger partial charge in [0.1, 0.15) is 5.15 Å². The smallest absolute Gasteiger partial charge is 0.396 e. The van der Waals surface area contributed by atoms with Crippen LogP contribution in [0.2, 0.25) is 5.15 Å². The lowest BCUT2D eigenvalue weighted by Crippen LogP contribution is -2.23. The van der Waals surface area contributed by atoms with Gasteiger partial charge in [0.2, 0.25) is 0 Å². The van der Waals surface area contributed by atoms with E-state index in [1.165, 1.54) is 13.0 Å². The molecule has 1 aromatic rings. The van der Waals surface area contributed by atoms with Crippen molar-refractivity contribution in [3.05, 3.63) is 28.5 Å². The molecular weight excluding hydrogens is 259 g/mol. The minimum Gasteiger partial charge on any atom is -0.481 e. The lowest BCUT2D eigenvalue weighted by atomic mass is 9.96. The van der Waals surface area contributed by atoms with Crippen molar-refractivity contribution < 1.29 is 23.1 Å². The lowest BCUT2D eigenvalue weighted by molar-refractivity contribution is -0.163. The Morgan fingerprint density at radius 2 is 2.18 bits per heavy atom. The molecule has 0 bridgehead atoms. The molecule has 17 heavy (non-hydrogen) atoms. The summed E-state index contributed by atoms with van der Waals surface area (Å²) >= 11 is 5.60. The zero-order valence-electron chi connectivity index (χ0n) is 8.75. The monoisotopic (exact) mass is 267 g/mol. The summed E-state index contributed by atoms with van der Waals surface area (Å²) in [5, 5.41) is 8.59. The molecule has 0 saturated heterocycles. The van der Waals surface area contributed by atoms with Crippen LogP contribution in [0.5, 0.6) is 0 Å². The summed E-state index contributed by atoms with van der Waals surface area (Å²) in [7, 11) is 0. The fourth-order valence-corrected chi connectivity index (χ4v) is 1.47. The Labute approximate surface area is 100 Å². The molecular formula is C10H9ClF3NO2. The van der Waals surface area contributed by atoms with Crippen molar-refractivity contribution in [3.8, 4) is 0 Å². The fourth-order valence-electron chi connectivity index (χ4n) is 1.37. The maximum Gasteiger partial charge on any atom is 0.396 e. The van der Waals surface area contributed by atoms with Crippen molar-refractivity contribution in [2.45, 2.75) is 25.4 Å². The van der Waals surface area contributed by atoms with Crippen LogP contribution in [-0.2, 0) is 4.79 Å². The van der Waals surface area contributed by atoms with Gasteiger partial charge in [-0.05, 0) is 18.1 Å². The molecule has 1 aromatic heterocycles. The Bertz CT molecular complexity index is 434. The van der Waals surface area contributed by atoms with Gasteiger partial charge in [-0.15, -0.1) is 0 Å². The molecule has 0 spiro atoms. The van der Waals surface area contributed by atoms with Gasteiger partial charge < -0.3 is 5.11 Å². The number of hydrogen-bond donors (Lipinski definition) is 1. The predicted molar refractivity (Wildman–Crippen MR) is 55.0 cm³/mol. The molecule has 0 saturated carbocycles. The van der Waals surface area contributed by atoms with Crippen molar-refractivity contribution in [1.82, 2.24) is 4.98 Å². The Morgan fingerprint density at radius 1 is 1.59 bits per heavy atom. The van der Waals surface area contributed by atoms with E-state index < -0.39 is 24.5 Å². The minimum atomic E-state index is -4.62. The van der Waals surface area contributed by atoms with Crippen LogP contribution in [0.25, 0.3) is 0 Å². The maximum atomic E-state index is 12.7. The van der Waals surface area contributed by atoms with E-state index in [4.69, 9.17) is 16.7 Å². The summed E-state index contributed by atoms with van der Waals surface area (Å²) in [6, 6.07) is 1.20. The predicted octanol–water partition coefficient (Wildman–Crippen LogP) is 3.16. The molecule has 1 unspecified atom stereocenters. The summed E-state index contributed by atoms with van der Waals surface area (Å²) < 4.78 is 38.0. The van der Waals surface area contributed by atoms with Crippen LogP contribution in [0.3, 0.4) is 0 Å². The van der Waals surface area contributed by atoms with E-state index in [0.29, 0.717) is 5.56 Å². The van der Waals surface area contributed by atoms with E-state index in [2.05, 4.69) is 4.98 Å². The number of pyridine rings is 1. The average molecular weight is 268 g/mol. The first-order valence-corrected chi connectivity index (χ1v) is 5.00. The quantitative estimate of drug-likeness (QED) is 0.856. The molecule has 1 N–H and O–H groups in total. The van der Waals surface area contributed by atoms with Crippen molar-refractivity contribution in [2.75, 3.05) is 0 Å². The zero-order valence-corrected chi connectivity index (χ0v) is 9.51. The number of halogens is 4. The number of aryl methyl sites for hydroxylation is 1. The van der Waals surface area contributed by atoms with Gasteiger partial charge in [0.05, 0.1) is 12.3 Å². The number of carboxylic acid groups (broad SMARTS) is 1. The number of alkyl halides is 3. The van der Waals surface area contributed by atoms with Crippen LogP contribution < -0.4 is 0 Å². The van der Waals surface area contributed by atoms with E-state index in [9.17, 15) is 18.0 Å². The molecule has 1 atom stereocenters. The largest absolute Gasteiger partial charge is 0.481 e. The standard InChI is InChI=1S/C10H9ClF3NO2/c1-5-2-6(4-15-9(5)11)7(3-8(16)17)10(12,13)14/h2,4,7H,3H2,1H3,(H,16,17). The Balaban J connectivity index is 3.13. The number of hydrogen-bond acceptors (Lipinski definition) is 2. The molecule has 94 valence electrons. The Hall–Kier alpha value is -1.30. The highest BCUT2D eigenvalue weighted by Crippen LogP contribution is 2.37. The van der Waals surface area contributed by atoms with Gasteiger partial charge >= 0.3 is 12.1 Å². The van der Waals surface area contributed by atoms with Gasteiger partial charge in [-0.1, -0.05) is 17.7 Å². The van der Waals surface area contributed by atoms with Gasteiger partial charge in [0, 0.05) is 6.20 Å². The van der Waals surface area contributed by atoms with Gasteiger partial charge in [-0.25, -0.2) is 4.98 Å². The van der Waals surface area contributed by atoms with Gasteiger partial charge in [0.25, 0.3) is 0 Å². The molecule has 1 heterocycles. The van der Waals surface area contributed by atoms with Crippen molar-refractivity contribution in [1.29, 1.82) is 0 Å². The summed E-state index contributed by atoms with van der Waals surface area (Å²) in [6.07, 6.45) is -4.69. The third-order valence-electron chi connectivity index (χ3n) is 2.21. The van der Waals surface area contributed by atoms with E-state index in [1.807, 2.05) is 0 Å². The molecule has 0 radical (unpaired) electrons. The van der Waals surface area contributed by atoms with Gasteiger partial charge in [-0.2, -0.15) is 13.2 Å². The first-order valence-electron chi connectivity index (χ1n) is 4.62. The second kappa shape index (κ2) is 4.91. The second-order valence-electron chi connectivity index (χ2n) is 3.57. The van der Waals surface area contributed by atoms with Crippen molar-refractivity contribution in [2.24, 2.45) is 0 Å². The molecule has 0 aromatic carbocycles. The normalized spacial score (nSPS) is 13.5. The Morgan fingerprint density at radius 3 is 2.59 bits per heavy atom. The summed E-state index contributed by atoms with van der Waals surface area (Å²) in [6.45, 7) is 1.51. The summed E-state index contributed by atoms with van der Waals surface area (Å²) in [5.41, 5.74) is 0.186. The van der Waals surface area contributed by atoms with E-state index in [-0.39, 0.29) is 10.7 Å². The highest BCUT2D eigenvalue weighted by atomic mass is 35.5. The summed E-state index contributed by atoms with van der Waals surface area (Å²) in [5.74, 6) is -3.58. The molecule has 3 nitrogen and oxygen atoms in total. The number of carboxylic acids is 1. The number of nitrogens with zero attached hydrogens (tertiary/aromatic N) is 1. The molecule has 0 aliphatic rings. The van der Waals surface area contributed by atoms with Crippen molar-refractivity contribution >= 4 is 17.6 Å². The Kier molecular flexibility index (Phi) is 3.98. The number of aromatic nitrogens is 1. The van der Waals surface area contributed by atoms with Crippen LogP contribution in [0, 0.1) is 6.92 Å². The van der Waals surface area contributed by atoms with Crippen LogP contribution in [0.15, 0.2) is 12.3 Å². The highest BCUT2D eigenvalue weighted by Gasteiger charge is 2.42. The molecule has 0 amide bonds. The van der Waals surface area contributed by atoms with Gasteiger partial charge in [-0.3, -0.25) is 4.79 Å². The summed E-state index contributed by atoms with van der Waals surface area (Å²) in [4.78, 5) is 14.0. The van der Waals surface area contributed by atoms with Crippen molar-refractivity contribution in [3.63, 3.8) is 0 Å². The highest BCUT2D eigenvalue weighted by molar-refractivity contribution is 6.30. The lowest BCUT2D eigenvalue weighted by Gasteiger charge is -2.19. The van der Waals surface area contributed by atoms with Crippen LogP contribution >= 0.6 is 11.6 Å². The maximum absolute atomic E-state index is 12.7. The SMILES string of the molecule is Cc1cc(C(CC(=O)O)C(F)(F)F)cnc1Cl. The topological polar surface area (TPSA) is 50.2 Å². The van der Waals surface area contributed by atoms with Crippen LogP contribution in [-0.4, -0.2) is 22.2 Å². The number of aliphatic carboxylic acids is 1. The number of carbonyl (C=O) groups is 1. The molecule has 0 fully saturated rings. The fraction of sp³-hybridized carbons (Fsp3) is 0.400. The van der Waals surface area contributed by atoms with E-state index in [0.717, 1.165) is 6.20 Å². The first-order chi connectivity index (χ1) is 7.71. The average Bonchev–Trinajstić information content (AvgIpc) is 2.17. The second-order valence-corrected chi connectivity index (χ2v) is 3.93. The molecule has 1 rings (SSSR count). The molecule has 7 heteroatoms. The van der Waals surface area contributed by atoms with E-state index in [1.54, 1.807) is 0 Å². The first kappa shape index (κ1) is 13.8. The van der Waals surface area contributed by atoms with Gasteiger partial charge in [0.15, 0.2) is 0 Å². The molecule has 0 aliphatic heterocycles. The third kappa shape index (κ3) is 3.59. The minimum absolute atomic E-state index is 0.102. The zero-order chi connectivity index (χ0) is 13.2.